The Morgan fingerprint density at radius 2 is 2.10 bits per heavy atom. The Morgan fingerprint density at radius 3 is 2.80 bits per heavy atom. The van der Waals surface area contributed by atoms with Gasteiger partial charge in [0.15, 0.2) is 5.82 Å². The van der Waals surface area contributed by atoms with Gasteiger partial charge in [0.1, 0.15) is 0 Å². The second kappa shape index (κ2) is 7.14. The highest BCUT2D eigenvalue weighted by molar-refractivity contribution is 9.10. The third-order valence-corrected chi connectivity index (χ3v) is 3.34. The SMILES string of the molecule is CCCCC(=O)NCc1nnnn1-c1ccc(Br)cc1. The van der Waals surface area contributed by atoms with Gasteiger partial charge in [0, 0.05) is 10.9 Å². The summed E-state index contributed by atoms with van der Waals surface area (Å²) < 4.78 is 2.61. The molecule has 1 N–H and O–H groups in total. The fourth-order valence-electron chi connectivity index (χ4n) is 1.70. The molecule has 0 atom stereocenters. The predicted octanol–water partition coefficient (Wildman–Crippen LogP) is 2.23. The number of aromatic nitrogens is 4. The standard InChI is InChI=1S/C13H16BrN5O/c1-2-3-4-13(20)15-9-12-16-17-18-19(12)11-7-5-10(14)6-8-11/h5-8H,2-4,9H2,1H3,(H,15,20). The van der Waals surface area contributed by atoms with Crippen molar-refractivity contribution in [1.82, 2.24) is 25.5 Å². The average molecular weight is 338 g/mol. The van der Waals surface area contributed by atoms with Crippen molar-refractivity contribution in [3.05, 3.63) is 34.6 Å². The molecule has 7 heteroatoms. The van der Waals surface area contributed by atoms with Gasteiger partial charge in [-0.15, -0.1) is 5.10 Å². The van der Waals surface area contributed by atoms with Gasteiger partial charge in [0.25, 0.3) is 0 Å². The molecular formula is C13H16BrN5O. The van der Waals surface area contributed by atoms with Gasteiger partial charge < -0.3 is 5.32 Å². The number of tetrazole rings is 1. The minimum Gasteiger partial charge on any atom is -0.349 e. The molecule has 0 saturated carbocycles. The van der Waals surface area contributed by atoms with Gasteiger partial charge in [-0.2, -0.15) is 4.68 Å². The van der Waals surface area contributed by atoms with E-state index in [0.717, 1.165) is 23.0 Å². The molecule has 0 radical (unpaired) electrons. The van der Waals surface area contributed by atoms with E-state index in [1.165, 1.54) is 0 Å². The highest BCUT2D eigenvalue weighted by Gasteiger charge is 2.09. The van der Waals surface area contributed by atoms with Crippen LogP contribution < -0.4 is 5.32 Å². The lowest BCUT2D eigenvalue weighted by molar-refractivity contribution is -0.121. The lowest BCUT2D eigenvalue weighted by Gasteiger charge is -2.06. The van der Waals surface area contributed by atoms with Gasteiger partial charge >= 0.3 is 0 Å². The number of carbonyl (C=O) groups is 1. The second-order valence-corrected chi connectivity index (χ2v) is 5.28. The fraction of sp³-hybridized carbons (Fsp3) is 0.385. The maximum atomic E-state index is 11.6. The first-order valence-electron chi connectivity index (χ1n) is 6.50. The van der Waals surface area contributed by atoms with Gasteiger partial charge in [0.2, 0.25) is 5.91 Å². The summed E-state index contributed by atoms with van der Waals surface area (Å²) in [6.07, 6.45) is 2.43. The molecule has 2 aromatic rings. The van der Waals surface area contributed by atoms with Crippen LogP contribution in [0, 0.1) is 0 Å². The number of unbranched alkanes of at least 4 members (excludes halogenated alkanes) is 1. The van der Waals surface area contributed by atoms with E-state index in [2.05, 4.69) is 43.7 Å². The van der Waals surface area contributed by atoms with Gasteiger partial charge in [-0.25, -0.2) is 0 Å². The Hall–Kier alpha value is -1.76. The number of benzene rings is 1. The fourth-order valence-corrected chi connectivity index (χ4v) is 1.97. The number of carbonyl (C=O) groups excluding carboxylic acids is 1. The summed E-state index contributed by atoms with van der Waals surface area (Å²) in [5.41, 5.74) is 0.857. The van der Waals surface area contributed by atoms with E-state index in [1.807, 2.05) is 24.3 Å². The maximum Gasteiger partial charge on any atom is 0.220 e. The summed E-state index contributed by atoms with van der Waals surface area (Å²) in [6, 6.07) is 7.65. The van der Waals surface area contributed by atoms with Crippen molar-refractivity contribution in [3.63, 3.8) is 0 Å². The molecule has 6 nitrogen and oxygen atoms in total. The average Bonchev–Trinajstić information content (AvgIpc) is 2.92. The molecule has 106 valence electrons. The van der Waals surface area contributed by atoms with E-state index < -0.39 is 0 Å². The topological polar surface area (TPSA) is 72.7 Å². The third-order valence-electron chi connectivity index (χ3n) is 2.81. The van der Waals surface area contributed by atoms with Crippen LogP contribution >= 0.6 is 15.9 Å². The van der Waals surface area contributed by atoms with Gasteiger partial charge in [-0.1, -0.05) is 29.3 Å². The molecule has 0 spiro atoms. The Bertz CT molecular complexity index is 566. The van der Waals surface area contributed by atoms with E-state index in [4.69, 9.17) is 0 Å². The zero-order valence-corrected chi connectivity index (χ0v) is 12.8. The molecule has 0 fully saturated rings. The highest BCUT2D eigenvalue weighted by atomic mass is 79.9. The van der Waals surface area contributed by atoms with Crippen LogP contribution in [0.5, 0.6) is 0 Å². The Kier molecular flexibility index (Phi) is 5.23. The van der Waals surface area contributed by atoms with Crippen LogP contribution in [0.4, 0.5) is 0 Å². The summed E-state index contributed by atoms with van der Waals surface area (Å²) in [5.74, 6) is 0.634. The molecule has 0 aliphatic carbocycles. The molecule has 1 aromatic heterocycles. The first kappa shape index (κ1) is 14.6. The lowest BCUT2D eigenvalue weighted by Crippen LogP contribution is -2.24. The summed E-state index contributed by atoms with van der Waals surface area (Å²) in [4.78, 5) is 11.6. The van der Waals surface area contributed by atoms with Crippen molar-refractivity contribution >= 4 is 21.8 Å². The minimum atomic E-state index is 0.0252. The molecule has 0 aliphatic rings. The van der Waals surface area contributed by atoms with Crippen LogP contribution in [0.1, 0.15) is 32.0 Å². The van der Waals surface area contributed by atoms with Crippen molar-refractivity contribution in [2.75, 3.05) is 0 Å². The van der Waals surface area contributed by atoms with Crippen molar-refractivity contribution in [2.45, 2.75) is 32.7 Å². The van der Waals surface area contributed by atoms with E-state index in [0.29, 0.717) is 18.8 Å². The summed E-state index contributed by atoms with van der Waals surface area (Å²) >= 11 is 3.38. The molecule has 1 aromatic carbocycles. The summed E-state index contributed by atoms with van der Waals surface area (Å²) in [7, 11) is 0. The molecular weight excluding hydrogens is 322 g/mol. The number of amides is 1. The molecule has 2 rings (SSSR count). The quantitative estimate of drug-likeness (QED) is 0.877. The molecule has 0 bridgehead atoms. The van der Waals surface area contributed by atoms with Crippen LogP contribution in [0.2, 0.25) is 0 Å². The molecule has 20 heavy (non-hydrogen) atoms. The zero-order valence-electron chi connectivity index (χ0n) is 11.2. The molecule has 0 saturated heterocycles. The summed E-state index contributed by atoms with van der Waals surface area (Å²) in [6.45, 7) is 2.38. The van der Waals surface area contributed by atoms with Crippen LogP contribution in [0.25, 0.3) is 5.69 Å². The number of hydrogen-bond acceptors (Lipinski definition) is 4. The molecule has 0 unspecified atom stereocenters. The molecule has 1 heterocycles. The zero-order chi connectivity index (χ0) is 14.4. The summed E-state index contributed by atoms with van der Waals surface area (Å²) in [5, 5.41) is 14.4. The highest BCUT2D eigenvalue weighted by Crippen LogP contribution is 2.13. The van der Waals surface area contributed by atoms with Crippen molar-refractivity contribution in [1.29, 1.82) is 0 Å². The maximum absolute atomic E-state index is 11.6. The van der Waals surface area contributed by atoms with Crippen molar-refractivity contribution in [2.24, 2.45) is 0 Å². The first-order valence-corrected chi connectivity index (χ1v) is 7.30. The van der Waals surface area contributed by atoms with Crippen molar-refractivity contribution in [3.8, 4) is 5.69 Å². The first-order chi connectivity index (χ1) is 9.70. The van der Waals surface area contributed by atoms with Gasteiger partial charge in [0.05, 0.1) is 12.2 Å². The molecule has 0 aliphatic heterocycles. The largest absolute Gasteiger partial charge is 0.349 e. The van der Waals surface area contributed by atoms with Gasteiger partial charge in [-0.3, -0.25) is 4.79 Å². The van der Waals surface area contributed by atoms with Crippen LogP contribution in [-0.4, -0.2) is 26.1 Å². The van der Waals surface area contributed by atoms with E-state index >= 15 is 0 Å². The number of nitrogens with zero attached hydrogens (tertiary/aromatic N) is 4. The van der Waals surface area contributed by atoms with Gasteiger partial charge in [-0.05, 0) is 41.1 Å². The Labute approximate surface area is 125 Å². The smallest absolute Gasteiger partial charge is 0.220 e. The molecule has 1 amide bonds. The van der Waals surface area contributed by atoms with Crippen LogP contribution in [0.15, 0.2) is 28.7 Å². The van der Waals surface area contributed by atoms with E-state index in [-0.39, 0.29) is 5.91 Å². The third kappa shape index (κ3) is 3.86. The predicted molar refractivity (Wildman–Crippen MR) is 78.2 cm³/mol. The van der Waals surface area contributed by atoms with E-state index in [9.17, 15) is 4.79 Å². The number of rotatable bonds is 6. The minimum absolute atomic E-state index is 0.0252. The lowest BCUT2D eigenvalue weighted by atomic mass is 10.2. The monoisotopic (exact) mass is 337 g/mol. The number of halogens is 1. The van der Waals surface area contributed by atoms with E-state index in [1.54, 1.807) is 4.68 Å². The Balaban J connectivity index is 2.02. The van der Waals surface area contributed by atoms with Crippen LogP contribution in [0.3, 0.4) is 0 Å². The number of nitrogens with one attached hydrogen (secondary N) is 1. The normalized spacial score (nSPS) is 10.5. The second-order valence-electron chi connectivity index (χ2n) is 4.36. The Morgan fingerprint density at radius 1 is 1.35 bits per heavy atom. The van der Waals surface area contributed by atoms with Crippen molar-refractivity contribution < 1.29 is 4.79 Å². The number of hydrogen-bond donors (Lipinski definition) is 1. The van der Waals surface area contributed by atoms with Crippen LogP contribution in [-0.2, 0) is 11.3 Å².